The van der Waals surface area contributed by atoms with Gasteiger partial charge in [-0.1, -0.05) is 19.3 Å². The van der Waals surface area contributed by atoms with Crippen molar-refractivity contribution >= 4 is 0 Å². The van der Waals surface area contributed by atoms with Gasteiger partial charge in [-0.25, -0.2) is 4.39 Å². The Labute approximate surface area is 73.3 Å². The summed E-state index contributed by atoms with van der Waals surface area (Å²) in [7, 11) is 0. The topological polar surface area (TPSA) is 9.23 Å². The largest absolute Gasteiger partial charge is 0.378 e. The number of rotatable bonds is 2. The Kier molecular flexibility index (Phi) is 2.64. The first kappa shape index (κ1) is 8.49. The molecule has 2 aliphatic rings. The summed E-state index contributed by atoms with van der Waals surface area (Å²) in [5.41, 5.74) is 0. The summed E-state index contributed by atoms with van der Waals surface area (Å²) in [6.45, 7) is 0.637. The molecule has 0 bridgehead atoms. The molecule has 1 aliphatic heterocycles. The molecule has 2 rings (SSSR count). The smallest absolute Gasteiger partial charge is 0.105 e. The van der Waals surface area contributed by atoms with Gasteiger partial charge in [0.05, 0.1) is 6.10 Å². The Balaban J connectivity index is 1.71. The van der Waals surface area contributed by atoms with Crippen LogP contribution in [0.5, 0.6) is 0 Å². The minimum atomic E-state index is -0.594. The van der Waals surface area contributed by atoms with Gasteiger partial charge >= 0.3 is 0 Å². The standard InChI is InChI=1S/C10H17FO/c11-9-4-5-12-10(7-9)6-8-2-1-3-8/h8-10H,1-7H2/t9?,10-/m1/s1. The summed E-state index contributed by atoms with van der Waals surface area (Å²) in [6.07, 6.45) is 6.07. The highest BCUT2D eigenvalue weighted by atomic mass is 19.1. The molecule has 1 nitrogen and oxygen atoms in total. The van der Waals surface area contributed by atoms with Crippen molar-refractivity contribution < 1.29 is 9.13 Å². The Morgan fingerprint density at radius 3 is 2.67 bits per heavy atom. The predicted octanol–water partition coefficient (Wildman–Crippen LogP) is 2.69. The second-order valence-electron chi connectivity index (χ2n) is 4.15. The van der Waals surface area contributed by atoms with Gasteiger partial charge < -0.3 is 4.74 Å². The number of alkyl halides is 1. The van der Waals surface area contributed by atoms with Crippen molar-refractivity contribution in [3.8, 4) is 0 Å². The van der Waals surface area contributed by atoms with Crippen LogP contribution in [-0.4, -0.2) is 18.9 Å². The van der Waals surface area contributed by atoms with E-state index in [2.05, 4.69) is 0 Å². The van der Waals surface area contributed by atoms with Crippen LogP contribution in [0, 0.1) is 5.92 Å². The van der Waals surface area contributed by atoms with Crippen molar-refractivity contribution in [1.82, 2.24) is 0 Å². The van der Waals surface area contributed by atoms with Gasteiger partial charge in [-0.15, -0.1) is 0 Å². The molecule has 1 saturated heterocycles. The van der Waals surface area contributed by atoms with E-state index in [1.54, 1.807) is 0 Å². The summed E-state index contributed by atoms with van der Waals surface area (Å²) >= 11 is 0. The maximum absolute atomic E-state index is 12.9. The second-order valence-corrected chi connectivity index (χ2v) is 4.15. The number of hydrogen-bond donors (Lipinski definition) is 0. The lowest BCUT2D eigenvalue weighted by Gasteiger charge is -2.32. The van der Waals surface area contributed by atoms with E-state index in [-0.39, 0.29) is 6.10 Å². The molecule has 2 fully saturated rings. The van der Waals surface area contributed by atoms with E-state index in [1.807, 2.05) is 0 Å². The van der Waals surface area contributed by atoms with Gasteiger partial charge in [-0.3, -0.25) is 0 Å². The first-order valence-electron chi connectivity index (χ1n) is 5.10. The fourth-order valence-corrected chi connectivity index (χ4v) is 2.10. The lowest BCUT2D eigenvalue weighted by molar-refractivity contribution is -0.0350. The molecule has 0 N–H and O–H groups in total. The third kappa shape index (κ3) is 1.98. The molecule has 1 aliphatic carbocycles. The summed E-state index contributed by atoms with van der Waals surface area (Å²) in [4.78, 5) is 0. The fraction of sp³-hybridized carbons (Fsp3) is 1.00. The van der Waals surface area contributed by atoms with Crippen LogP contribution in [0.3, 0.4) is 0 Å². The Bertz CT molecular complexity index is 145. The van der Waals surface area contributed by atoms with Gasteiger partial charge in [0, 0.05) is 19.4 Å². The average Bonchev–Trinajstić information content (AvgIpc) is 1.97. The molecule has 12 heavy (non-hydrogen) atoms. The van der Waals surface area contributed by atoms with Gasteiger partial charge in [0.25, 0.3) is 0 Å². The highest BCUT2D eigenvalue weighted by molar-refractivity contribution is 4.78. The van der Waals surface area contributed by atoms with E-state index >= 15 is 0 Å². The van der Waals surface area contributed by atoms with Crippen LogP contribution in [0.4, 0.5) is 4.39 Å². The molecule has 0 radical (unpaired) electrons. The van der Waals surface area contributed by atoms with Crippen molar-refractivity contribution in [2.45, 2.75) is 50.8 Å². The zero-order chi connectivity index (χ0) is 8.39. The number of halogens is 1. The second kappa shape index (κ2) is 3.73. The van der Waals surface area contributed by atoms with Crippen LogP contribution in [0.1, 0.15) is 38.5 Å². The van der Waals surface area contributed by atoms with E-state index in [9.17, 15) is 4.39 Å². The van der Waals surface area contributed by atoms with Crippen molar-refractivity contribution in [3.63, 3.8) is 0 Å². The van der Waals surface area contributed by atoms with Crippen molar-refractivity contribution in [2.75, 3.05) is 6.61 Å². The molecule has 2 atom stereocenters. The molecule has 1 heterocycles. The maximum Gasteiger partial charge on any atom is 0.105 e. The fourth-order valence-electron chi connectivity index (χ4n) is 2.10. The van der Waals surface area contributed by atoms with Crippen LogP contribution in [0.2, 0.25) is 0 Å². The normalized spacial score (nSPS) is 37.8. The van der Waals surface area contributed by atoms with Crippen molar-refractivity contribution in [3.05, 3.63) is 0 Å². The van der Waals surface area contributed by atoms with E-state index in [4.69, 9.17) is 4.74 Å². The molecule has 1 saturated carbocycles. The summed E-state index contributed by atoms with van der Waals surface area (Å²) in [5.74, 6) is 0.847. The summed E-state index contributed by atoms with van der Waals surface area (Å²) in [6, 6.07) is 0. The van der Waals surface area contributed by atoms with Crippen LogP contribution < -0.4 is 0 Å². The quantitative estimate of drug-likeness (QED) is 0.622. The molecule has 1 unspecified atom stereocenters. The van der Waals surface area contributed by atoms with E-state index in [0.717, 1.165) is 12.3 Å². The van der Waals surface area contributed by atoms with E-state index in [1.165, 1.54) is 19.3 Å². The van der Waals surface area contributed by atoms with Crippen LogP contribution >= 0.6 is 0 Å². The Morgan fingerprint density at radius 1 is 1.25 bits per heavy atom. The SMILES string of the molecule is FC1CCO[C@H](CC2CCC2)C1. The van der Waals surface area contributed by atoms with Gasteiger partial charge in [0.2, 0.25) is 0 Å². The van der Waals surface area contributed by atoms with Crippen LogP contribution in [0.25, 0.3) is 0 Å². The summed E-state index contributed by atoms with van der Waals surface area (Å²) < 4.78 is 18.4. The van der Waals surface area contributed by atoms with Crippen molar-refractivity contribution in [1.29, 1.82) is 0 Å². The van der Waals surface area contributed by atoms with Crippen LogP contribution in [-0.2, 0) is 4.74 Å². The first-order valence-corrected chi connectivity index (χ1v) is 5.10. The lowest BCUT2D eigenvalue weighted by Crippen LogP contribution is -2.30. The van der Waals surface area contributed by atoms with E-state index in [0.29, 0.717) is 19.4 Å². The molecule has 70 valence electrons. The van der Waals surface area contributed by atoms with Crippen LogP contribution in [0.15, 0.2) is 0 Å². The Morgan fingerprint density at radius 2 is 2.08 bits per heavy atom. The molecule has 0 amide bonds. The van der Waals surface area contributed by atoms with Gasteiger partial charge in [-0.2, -0.15) is 0 Å². The third-order valence-electron chi connectivity index (χ3n) is 3.12. The highest BCUT2D eigenvalue weighted by Crippen LogP contribution is 2.33. The molecular weight excluding hydrogens is 155 g/mol. The third-order valence-corrected chi connectivity index (χ3v) is 3.12. The minimum Gasteiger partial charge on any atom is -0.378 e. The monoisotopic (exact) mass is 172 g/mol. The molecule has 0 aromatic heterocycles. The van der Waals surface area contributed by atoms with Gasteiger partial charge in [-0.05, 0) is 12.3 Å². The first-order chi connectivity index (χ1) is 5.84. The van der Waals surface area contributed by atoms with Gasteiger partial charge in [0.15, 0.2) is 0 Å². The lowest BCUT2D eigenvalue weighted by atomic mass is 9.80. The zero-order valence-electron chi connectivity index (χ0n) is 7.47. The summed E-state index contributed by atoms with van der Waals surface area (Å²) in [5, 5.41) is 0. The number of ether oxygens (including phenoxy) is 1. The number of hydrogen-bond acceptors (Lipinski definition) is 1. The maximum atomic E-state index is 12.9. The van der Waals surface area contributed by atoms with Gasteiger partial charge in [0.1, 0.15) is 6.17 Å². The molecule has 2 heteroatoms. The van der Waals surface area contributed by atoms with Crippen molar-refractivity contribution in [2.24, 2.45) is 5.92 Å². The van der Waals surface area contributed by atoms with E-state index < -0.39 is 6.17 Å². The average molecular weight is 172 g/mol. The zero-order valence-corrected chi connectivity index (χ0v) is 7.47. The predicted molar refractivity (Wildman–Crippen MR) is 45.8 cm³/mol. The molecule has 0 aromatic rings. The molecular formula is C10H17FO. The highest BCUT2D eigenvalue weighted by Gasteiger charge is 2.27. The minimum absolute atomic E-state index is 0.235. The molecule has 0 spiro atoms. The molecule has 0 aromatic carbocycles. The Hall–Kier alpha value is -0.110.